The molecule has 2 aromatic carbocycles. The van der Waals surface area contributed by atoms with Gasteiger partial charge in [0.05, 0.1) is 0 Å². The van der Waals surface area contributed by atoms with Crippen molar-refractivity contribution >= 4 is 10.4 Å². The second kappa shape index (κ2) is 8.55. The van der Waals surface area contributed by atoms with E-state index in [4.69, 9.17) is 29.0 Å². The Balaban J connectivity index is 0.000000144. The first kappa shape index (κ1) is 19.6. The lowest BCUT2D eigenvalue weighted by Gasteiger charge is -1.94. The van der Waals surface area contributed by atoms with Gasteiger partial charge in [0.2, 0.25) is 0 Å². The van der Waals surface area contributed by atoms with Gasteiger partial charge in [-0.05, 0) is 24.0 Å². The summed E-state index contributed by atoms with van der Waals surface area (Å²) in [6, 6.07) is 21.8. The molecule has 2 fully saturated rings. The lowest BCUT2D eigenvalue weighted by molar-refractivity contribution is 0.381. The maximum atomic E-state index is 8.74. The van der Waals surface area contributed by atoms with Gasteiger partial charge in [0.1, 0.15) is 0 Å². The fraction of sp³-hybridized carbons (Fsp3) is 0.333. The molecule has 4 rings (SSSR count). The number of rotatable bonds is 2. The molecule has 0 bridgehead atoms. The minimum Gasteiger partial charge on any atom is -0.327 e. The number of benzene rings is 2. The molecule has 2 aliphatic carbocycles. The van der Waals surface area contributed by atoms with Crippen LogP contribution in [-0.2, 0) is 10.4 Å². The Labute approximate surface area is 148 Å². The zero-order valence-electron chi connectivity index (χ0n) is 13.8. The second-order valence-electron chi connectivity index (χ2n) is 6.28. The van der Waals surface area contributed by atoms with Crippen LogP contribution in [0, 0.1) is 0 Å². The summed E-state index contributed by atoms with van der Waals surface area (Å²) in [7, 11) is -4.67. The fourth-order valence-corrected chi connectivity index (χ4v) is 2.60. The number of hydrogen-bond donors (Lipinski definition) is 4. The highest BCUT2D eigenvalue weighted by Gasteiger charge is 2.34. The molecule has 2 aliphatic rings. The molecule has 0 spiro atoms. The van der Waals surface area contributed by atoms with Gasteiger partial charge in [0, 0.05) is 23.9 Å². The molecular weight excluding hydrogens is 340 g/mol. The Hall–Kier alpha value is -1.77. The van der Waals surface area contributed by atoms with E-state index in [9.17, 15) is 0 Å². The maximum Gasteiger partial charge on any atom is 0.394 e. The summed E-state index contributed by atoms with van der Waals surface area (Å²) < 4.78 is 31.6. The fourth-order valence-electron chi connectivity index (χ4n) is 2.60. The Morgan fingerprint density at radius 3 is 1.16 bits per heavy atom. The molecule has 2 unspecified atom stereocenters. The zero-order valence-corrected chi connectivity index (χ0v) is 14.6. The van der Waals surface area contributed by atoms with Crippen molar-refractivity contribution in [3.05, 3.63) is 71.8 Å². The minimum absolute atomic E-state index is 0.433. The average Bonchev–Trinajstić information content (AvgIpc) is 3.47. The molecule has 0 amide bonds. The van der Waals surface area contributed by atoms with Crippen molar-refractivity contribution in [1.82, 2.24) is 0 Å². The quantitative estimate of drug-likeness (QED) is 0.606. The van der Waals surface area contributed by atoms with E-state index in [1.54, 1.807) is 0 Å². The van der Waals surface area contributed by atoms with Crippen molar-refractivity contribution in [3.8, 4) is 0 Å². The molecule has 136 valence electrons. The van der Waals surface area contributed by atoms with Crippen molar-refractivity contribution in [3.63, 3.8) is 0 Å². The summed E-state index contributed by atoms with van der Waals surface area (Å²) in [5.74, 6) is 1.31. The van der Waals surface area contributed by atoms with Gasteiger partial charge in [0.15, 0.2) is 0 Å². The molecule has 2 aromatic rings. The predicted octanol–water partition coefficient (Wildman–Crippen LogP) is 2.35. The van der Waals surface area contributed by atoms with Gasteiger partial charge >= 0.3 is 10.4 Å². The Kier molecular flexibility index (Phi) is 6.69. The third-order valence-corrected chi connectivity index (χ3v) is 4.14. The topological polar surface area (TPSA) is 127 Å². The van der Waals surface area contributed by atoms with Crippen LogP contribution in [0.25, 0.3) is 0 Å². The van der Waals surface area contributed by atoms with Crippen molar-refractivity contribution in [1.29, 1.82) is 0 Å². The van der Waals surface area contributed by atoms with E-state index in [-0.39, 0.29) is 0 Å². The molecular formula is C18H24N2O4S. The van der Waals surface area contributed by atoms with Gasteiger partial charge < -0.3 is 11.5 Å². The van der Waals surface area contributed by atoms with Gasteiger partial charge in [-0.2, -0.15) is 8.42 Å². The summed E-state index contributed by atoms with van der Waals surface area (Å²) in [4.78, 5) is 0. The summed E-state index contributed by atoms with van der Waals surface area (Å²) in [6.07, 6.45) is 2.34. The first-order chi connectivity index (χ1) is 11.8. The van der Waals surface area contributed by atoms with Crippen LogP contribution in [0.3, 0.4) is 0 Å². The average molecular weight is 364 g/mol. The first-order valence-electron chi connectivity index (χ1n) is 8.06. The second-order valence-corrected chi connectivity index (χ2v) is 7.18. The van der Waals surface area contributed by atoms with Crippen molar-refractivity contribution in [2.24, 2.45) is 11.5 Å². The third-order valence-electron chi connectivity index (χ3n) is 4.14. The van der Waals surface area contributed by atoms with Crippen molar-refractivity contribution < 1.29 is 17.5 Å². The van der Waals surface area contributed by atoms with E-state index in [1.165, 1.54) is 24.0 Å². The van der Waals surface area contributed by atoms with Crippen molar-refractivity contribution in [2.45, 2.75) is 36.8 Å². The summed E-state index contributed by atoms with van der Waals surface area (Å²) in [5, 5.41) is 0. The van der Waals surface area contributed by atoms with Crippen LogP contribution in [0.4, 0.5) is 0 Å². The molecule has 0 aromatic heterocycles. The molecule has 0 saturated heterocycles. The smallest absolute Gasteiger partial charge is 0.327 e. The largest absolute Gasteiger partial charge is 0.394 e. The molecule has 6 N–H and O–H groups in total. The highest BCUT2D eigenvalue weighted by Crippen LogP contribution is 2.39. The first-order valence-corrected chi connectivity index (χ1v) is 9.46. The van der Waals surface area contributed by atoms with Crippen LogP contribution >= 0.6 is 0 Å². The lowest BCUT2D eigenvalue weighted by atomic mass is 10.1. The summed E-state index contributed by atoms with van der Waals surface area (Å²) in [6.45, 7) is 0. The van der Waals surface area contributed by atoms with Crippen LogP contribution < -0.4 is 11.5 Å². The third kappa shape index (κ3) is 7.76. The molecule has 0 radical (unpaired) electrons. The predicted molar refractivity (Wildman–Crippen MR) is 97.7 cm³/mol. The summed E-state index contributed by atoms with van der Waals surface area (Å²) >= 11 is 0. The SMILES string of the molecule is N[C@@H]1CC1c1ccccc1.N[C@@H]1CC1c1ccccc1.O=S(=O)(O)O. The van der Waals surface area contributed by atoms with E-state index in [2.05, 4.69) is 48.5 Å². The van der Waals surface area contributed by atoms with E-state index >= 15 is 0 Å². The van der Waals surface area contributed by atoms with Gasteiger partial charge in [0.25, 0.3) is 0 Å². The van der Waals surface area contributed by atoms with E-state index in [0.717, 1.165) is 0 Å². The van der Waals surface area contributed by atoms with Gasteiger partial charge in [-0.3, -0.25) is 9.11 Å². The van der Waals surface area contributed by atoms with Crippen molar-refractivity contribution in [2.75, 3.05) is 0 Å². The van der Waals surface area contributed by atoms with Crippen LogP contribution in [0.2, 0.25) is 0 Å². The normalized spacial score (nSPS) is 26.4. The molecule has 4 atom stereocenters. The zero-order chi connectivity index (χ0) is 18.4. The van der Waals surface area contributed by atoms with Crippen LogP contribution in [0.1, 0.15) is 35.8 Å². The minimum atomic E-state index is -4.67. The van der Waals surface area contributed by atoms with E-state index in [1.807, 2.05) is 12.1 Å². The standard InChI is InChI=1S/2C9H11N.H2O4S/c2*10-9-6-8(9)7-4-2-1-3-5-7;1-5(2,3)4/h2*1-5,8-9H,6,10H2;(H2,1,2,3,4)/t2*8?,9-;/m11./s1. The van der Waals surface area contributed by atoms with Gasteiger partial charge in [-0.15, -0.1) is 0 Å². The van der Waals surface area contributed by atoms with Gasteiger partial charge in [-0.25, -0.2) is 0 Å². The Morgan fingerprint density at radius 2 is 0.960 bits per heavy atom. The molecule has 0 aliphatic heterocycles. The van der Waals surface area contributed by atoms with Gasteiger partial charge in [-0.1, -0.05) is 60.7 Å². The maximum absolute atomic E-state index is 8.74. The molecule has 25 heavy (non-hydrogen) atoms. The molecule has 2 saturated carbocycles. The highest BCUT2D eigenvalue weighted by atomic mass is 32.3. The Morgan fingerprint density at radius 1 is 0.720 bits per heavy atom. The van der Waals surface area contributed by atoms with Crippen LogP contribution in [-0.4, -0.2) is 29.6 Å². The van der Waals surface area contributed by atoms with Crippen LogP contribution in [0.15, 0.2) is 60.7 Å². The monoisotopic (exact) mass is 364 g/mol. The van der Waals surface area contributed by atoms with E-state index in [0.29, 0.717) is 23.9 Å². The highest BCUT2D eigenvalue weighted by molar-refractivity contribution is 7.79. The summed E-state index contributed by atoms with van der Waals surface area (Å²) in [5.41, 5.74) is 14.2. The molecule has 7 heteroatoms. The molecule has 6 nitrogen and oxygen atoms in total. The van der Waals surface area contributed by atoms with E-state index < -0.39 is 10.4 Å². The Bertz CT molecular complexity index is 694. The number of hydrogen-bond acceptors (Lipinski definition) is 4. The number of nitrogens with two attached hydrogens (primary N) is 2. The van der Waals surface area contributed by atoms with Crippen LogP contribution in [0.5, 0.6) is 0 Å². The molecule has 0 heterocycles. The lowest BCUT2D eigenvalue weighted by Crippen LogP contribution is -2.00.